The SMILES string of the molecule is COc1ccc(OC)c(NS(=O)(=O)c2ccc(NC(=O)[C@@H]3COc4ccccc4O3)cc2)c1. The summed E-state index contributed by atoms with van der Waals surface area (Å²) in [5.41, 5.74) is 0.657. The minimum absolute atomic E-state index is 0.0107. The van der Waals surface area contributed by atoms with E-state index in [4.69, 9.17) is 18.9 Å². The van der Waals surface area contributed by atoms with Crippen LogP contribution in [0.2, 0.25) is 0 Å². The molecule has 1 aliphatic heterocycles. The second kappa shape index (κ2) is 9.29. The Balaban J connectivity index is 1.44. The number of methoxy groups -OCH3 is 2. The molecule has 1 atom stereocenters. The molecule has 0 bridgehead atoms. The van der Waals surface area contributed by atoms with Gasteiger partial charge >= 0.3 is 0 Å². The van der Waals surface area contributed by atoms with Crippen molar-refractivity contribution in [2.75, 3.05) is 30.9 Å². The second-order valence-corrected chi connectivity index (χ2v) is 8.73. The van der Waals surface area contributed by atoms with Gasteiger partial charge in [0.15, 0.2) is 11.5 Å². The molecule has 33 heavy (non-hydrogen) atoms. The van der Waals surface area contributed by atoms with Crippen LogP contribution in [0.15, 0.2) is 71.6 Å². The van der Waals surface area contributed by atoms with Gasteiger partial charge in [0.1, 0.15) is 18.1 Å². The molecule has 1 aliphatic rings. The number of hydrogen-bond acceptors (Lipinski definition) is 7. The summed E-state index contributed by atoms with van der Waals surface area (Å²) in [6.07, 6.45) is -0.828. The van der Waals surface area contributed by atoms with Crippen LogP contribution in [0.3, 0.4) is 0 Å². The third-order valence-electron chi connectivity index (χ3n) is 4.88. The molecule has 4 rings (SSSR count). The van der Waals surface area contributed by atoms with Crippen LogP contribution in [0.4, 0.5) is 11.4 Å². The molecule has 0 spiro atoms. The highest BCUT2D eigenvalue weighted by molar-refractivity contribution is 7.92. The summed E-state index contributed by atoms with van der Waals surface area (Å²) < 4.78 is 49.8. The van der Waals surface area contributed by atoms with Gasteiger partial charge < -0.3 is 24.3 Å². The molecule has 9 nitrogen and oxygen atoms in total. The summed E-state index contributed by atoms with van der Waals surface area (Å²) in [4.78, 5) is 12.6. The summed E-state index contributed by atoms with van der Waals surface area (Å²) in [5.74, 6) is 1.49. The van der Waals surface area contributed by atoms with Crippen LogP contribution in [0.25, 0.3) is 0 Å². The van der Waals surface area contributed by atoms with Crippen molar-refractivity contribution in [3.63, 3.8) is 0 Å². The number of sulfonamides is 1. The molecule has 0 radical (unpaired) electrons. The first-order chi connectivity index (χ1) is 15.9. The lowest BCUT2D eigenvalue weighted by molar-refractivity contribution is -0.125. The van der Waals surface area contributed by atoms with Crippen molar-refractivity contribution in [1.82, 2.24) is 0 Å². The molecular formula is C23H22N2O7S. The predicted octanol–water partition coefficient (Wildman–Crippen LogP) is 3.28. The van der Waals surface area contributed by atoms with E-state index in [1.807, 2.05) is 6.07 Å². The van der Waals surface area contributed by atoms with Crippen LogP contribution in [0.5, 0.6) is 23.0 Å². The normalized spacial score (nSPS) is 14.8. The Kier molecular flexibility index (Phi) is 6.27. The summed E-state index contributed by atoms with van der Waals surface area (Å²) in [7, 11) is -0.989. The Morgan fingerprint density at radius 1 is 0.970 bits per heavy atom. The van der Waals surface area contributed by atoms with Crippen LogP contribution < -0.4 is 29.0 Å². The molecule has 0 unspecified atom stereocenters. The van der Waals surface area contributed by atoms with Gasteiger partial charge in [0, 0.05) is 11.8 Å². The molecule has 2 N–H and O–H groups in total. The van der Waals surface area contributed by atoms with E-state index in [0.717, 1.165) is 0 Å². The zero-order chi connectivity index (χ0) is 23.4. The molecule has 0 saturated carbocycles. The van der Waals surface area contributed by atoms with E-state index in [-0.39, 0.29) is 17.2 Å². The first-order valence-electron chi connectivity index (χ1n) is 9.94. The number of amides is 1. The fraction of sp³-hybridized carbons (Fsp3) is 0.174. The molecule has 0 aromatic heterocycles. The number of anilines is 2. The maximum absolute atomic E-state index is 12.8. The number of ether oxygens (including phenoxy) is 4. The molecule has 10 heteroatoms. The summed E-state index contributed by atoms with van der Waals surface area (Å²) in [6, 6.07) is 17.6. The van der Waals surface area contributed by atoms with Crippen LogP contribution in [0, 0.1) is 0 Å². The molecule has 0 fully saturated rings. The van der Waals surface area contributed by atoms with Gasteiger partial charge in [-0.2, -0.15) is 0 Å². The smallest absolute Gasteiger partial charge is 0.269 e. The van der Waals surface area contributed by atoms with Gasteiger partial charge in [0.2, 0.25) is 6.10 Å². The number of para-hydroxylation sites is 2. The van der Waals surface area contributed by atoms with Gasteiger partial charge in [0.25, 0.3) is 15.9 Å². The average molecular weight is 471 g/mol. The van der Waals surface area contributed by atoms with Crippen molar-refractivity contribution < 1.29 is 32.2 Å². The van der Waals surface area contributed by atoms with Crippen LogP contribution in [0.1, 0.15) is 0 Å². The molecule has 0 aliphatic carbocycles. The van der Waals surface area contributed by atoms with Crippen LogP contribution >= 0.6 is 0 Å². The number of fused-ring (bicyclic) bond motifs is 1. The number of nitrogens with one attached hydrogen (secondary N) is 2. The maximum Gasteiger partial charge on any atom is 0.269 e. The van der Waals surface area contributed by atoms with E-state index in [1.54, 1.807) is 30.3 Å². The standard InChI is InChI=1S/C23H22N2O7S/c1-29-16-9-12-19(30-2)18(13-16)25-33(27,28)17-10-7-15(8-11-17)24-23(26)22-14-31-20-5-3-4-6-21(20)32-22/h3-13,22,25H,14H2,1-2H3,(H,24,26)/t22-/m0/s1. The molecule has 0 saturated heterocycles. The van der Waals surface area contributed by atoms with E-state index in [2.05, 4.69) is 10.0 Å². The Bertz CT molecular complexity index is 1260. The Labute approximate surface area is 191 Å². The van der Waals surface area contributed by atoms with Gasteiger partial charge in [0.05, 0.1) is 24.8 Å². The van der Waals surface area contributed by atoms with Crippen molar-refractivity contribution in [3.05, 3.63) is 66.7 Å². The van der Waals surface area contributed by atoms with Gasteiger partial charge in [-0.3, -0.25) is 9.52 Å². The summed E-state index contributed by atoms with van der Waals surface area (Å²) in [5, 5.41) is 2.71. The van der Waals surface area contributed by atoms with Crippen molar-refractivity contribution in [3.8, 4) is 23.0 Å². The fourth-order valence-corrected chi connectivity index (χ4v) is 4.25. The number of hydrogen-bond donors (Lipinski definition) is 2. The van der Waals surface area contributed by atoms with E-state index >= 15 is 0 Å². The van der Waals surface area contributed by atoms with Gasteiger partial charge in [-0.05, 0) is 48.5 Å². The van der Waals surface area contributed by atoms with Crippen molar-refractivity contribution in [2.45, 2.75) is 11.0 Å². The Morgan fingerprint density at radius 3 is 2.39 bits per heavy atom. The van der Waals surface area contributed by atoms with Gasteiger partial charge in [-0.15, -0.1) is 0 Å². The highest BCUT2D eigenvalue weighted by atomic mass is 32.2. The van der Waals surface area contributed by atoms with E-state index < -0.39 is 22.0 Å². The topological polar surface area (TPSA) is 112 Å². The molecule has 172 valence electrons. The predicted molar refractivity (Wildman–Crippen MR) is 122 cm³/mol. The maximum atomic E-state index is 12.8. The zero-order valence-electron chi connectivity index (χ0n) is 17.9. The fourth-order valence-electron chi connectivity index (χ4n) is 3.19. The average Bonchev–Trinajstić information content (AvgIpc) is 2.83. The van der Waals surface area contributed by atoms with E-state index in [0.29, 0.717) is 28.7 Å². The number of rotatable bonds is 7. The summed E-state index contributed by atoms with van der Waals surface area (Å²) in [6.45, 7) is 0.0710. The number of benzene rings is 3. The lowest BCUT2D eigenvalue weighted by Crippen LogP contribution is -2.40. The quantitative estimate of drug-likeness (QED) is 0.545. The van der Waals surface area contributed by atoms with Gasteiger partial charge in [-0.1, -0.05) is 12.1 Å². The van der Waals surface area contributed by atoms with E-state index in [1.165, 1.54) is 44.6 Å². The monoisotopic (exact) mass is 470 g/mol. The second-order valence-electron chi connectivity index (χ2n) is 7.05. The Hall–Kier alpha value is -3.92. The molecule has 3 aromatic rings. The summed E-state index contributed by atoms with van der Waals surface area (Å²) >= 11 is 0. The minimum atomic E-state index is -3.91. The van der Waals surface area contributed by atoms with Gasteiger partial charge in [-0.25, -0.2) is 8.42 Å². The third kappa shape index (κ3) is 4.96. The van der Waals surface area contributed by atoms with Crippen molar-refractivity contribution >= 4 is 27.3 Å². The first-order valence-corrected chi connectivity index (χ1v) is 11.4. The van der Waals surface area contributed by atoms with Crippen molar-refractivity contribution in [1.29, 1.82) is 0 Å². The number of carbonyl (C=O) groups is 1. The Morgan fingerprint density at radius 2 is 1.70 bits per heavy atom. The van der Waals surface area contributed by atoms with Crippen LogP contribution in [-0.2, 0) is 14.8 Å². The minimum Gasteiger partial charge on any atom is -0.497 e. The third-order valence-corrected chi connectivity index (χ3v) is 6.27. The molecular weight excluding hydrogens is 448 g/mol. The van der Waals surface area contributed by atoms with Crippen LogP contribution in [-0.4, -0.2) is 41.3 Å². The first kappa shape index (κ1) is 22.3. The lowest BCUT2D eigenvalue weighted by atomic mass is 10.2. The molecule has 3 aromatic carbocycles. The van der Waals surface area contributed by atoms with E-state index in [9.17, 15) is 13.2 Å². The molecule has 1 heterocycles. The lowest BCUT2D eigenvalue weighted by Gasteiger charge is -2.25. The highest BCUT2D eigenvalue weighted by Gasteiger charge is 2.27. The van der Waals surface area contributed by atoms with Crippen molar-refractivity contribution in [2.24, 2.45) is 0 Å². The molecule has 1 amide bonds. The number of carbonyl (C=O) groups excluding carboxylic acids is 1. The zero-order valence-corrected chi connectivity index (χ0v) is 18.7. The largest absolute Gasteiger partial charge is 0.497 e. The highest BCUT2D eigenvalue weighted by Crippen LogP contribution is 2.32.